The van der Waals surface area contributed by atoms with Crippen molar-refractivity contribution < 1.29 is 14.1 Å². The van der Waals surface area contributed by atoms with Gasteiger partial charge in [-0.25, -0.2) is 0 Å². The van der Waals surface area contributed by atoms with E-state index in [2.05, 4.69) is 15.5 Å². The fourth-order valence-corrected chi connectivity index (χ4v) is 2.50. The molecule has 7 heteroatoms. The lowest BCUT2D eigenvalue weighted by Gasteiger charge is -2.32. The van der Waals surface area contributed by atoms with Crippen molar-refractivity contribution >= 4 is 11.6 Å². The van der Waals surface area contributed by atoms with Crippen LogP contribution in [0.25, 0.3) is 0 Å². The minimum absolute atomic E-state index is 0.149. The number of carbonyl (C=O) groups excluding carboxylic acids is 1. The van der Waals surface area contributed by atoms with Crippen molar-refractivity contribution in [2.24, 2.45) is 0 Å². The summed E-state index contributed by atoms with van der Waals surface area (Å²) in [5, 5.41) is 6.80. The quantitative estimate of drug-likeness (QED) is 0.928. The average molecular weight is 302 g/mol. The molecule has 2 aromatic rings. The molecule has 0 saturated carbocycles. The molecule has 22 heavy (non-hydrogen) atoms. The first kappa shape index (κ1) is 14.5. The molecule has 1 atom stereocenters. The molecule has 0 radical (unpaired) electrons. The number of rotatable bonds is 3. The van der Waals surface area contributed by atoms with Crippen LogP contribution < -0.4 is 5.32 Å². The highest BCUT2D eigenvalue weighted by molar-refractivity contribution is 5.92. The SMILES string of the molecule is CNc1cc(C)nc([C@@H]2CN(C(=O)c3ccon3)CCO2)c1. The van der Waals surface area contributed by atoms with Crippen molar-refractivity contribution in [1.29, 1.82) is 0 Å². The van der Waals surface area contributed by atoms with Crippen molar-refractivity contribution in [3.8, 4) is 0 Å². The van der Waals surface area contributed by atoms with Crippen molar-refractivity contribution in [2.75, 3.05) is 32.1 Å². The van der Waals surface area contributed by atoms with Gasteiger partial charge in [0.05, 0.1) is 18.8 Å². The van der Waals surface area contributed by atoms with Crippen LogP contribution in [0.5, 0.6) is 0 Å². The summed E-state index contributed by atoms with van der Waals surface area (Å²) < 4.78 is 10.5. The lowest BCUT2D eigenvalue weighted by atomic mass is 10.1. The van der Waals surface area contributed by atoms with Crippen molar-refractivity contribution in [2.45, 2.75) is 13.0 Å². The average Bonchev–Trinajstić information content (AvgIpc) is 3.08. The van der Waals surface area contributed by atoms with Crippen LogP contribution in [0.15, 0.2) is 29.0 Å². The number of anilines is 1. The number of aromatic nitrogens is 2. The molecule has 3 rings (SSSR count). The van der Waals surface area contributed by atoms with Gasteiger partial charge in [0.15, 0.2) is 5.69 Å². The molecule has 0 bridgehead atoms. The maximum Gasteiger partial charge on any atom is 0.276 e. The van der Waals surface area contributed by atoms with E-state index in [1.54, 1.807) is 11.0 Å². The Morgan fingerprint density at radius 3 is 3.05 bits per heavy atom. The molecule has 1 aliphatic rings. The van der Waals surface area contributed by atoms with Gasteiger partial charge in [-0.1, -0.05) is 5.16 Å². The normalized spacial score (nSPS) is 18.3. The minimum Gasteiger partial charge on any atom is -0.388 e. The standard InChI is InChI=1S/C15H18N4O3/c1-10-7-11(16-2)8-13(17-10)14-9-19(4-6-21-14)15(20)12-3-5-22-18-12/h3,5,7-8,14H,4,6,9H2,1-2H3,(H,16,17)/t14-/m0/s1. The summed E-state index contributed by atoms with van der Waals surface area (Å²) in [6.45, 7) is 3.39. The number of amides is 1. The molecule has 0 aromatic carbocycles. The molecule has 1 amide bonds. The zero-order valence-electron chi connectivity index (χ0n) is 12.6. The first-order valence-electron chi connectivity index (χ1n) is 7.15. The van der Waals surface area contributed by atoms with Gasteiger partial charge in [-0.15, -0.1) is 0 Å². The Labute approximate surface area is 128 Å². The van der Waals surface area contributed by atoms with Crippen LogP contribution in [0.1, 0.15) is 28.0 Å². The van der Waals surface area contributed by atoms with Gasteiger partial charge in [-0.3, -0.25) is 9.78 Å². The predicted molar refractivity (Wildman–Crippen MR) is 79.6 cm³/mol. The first-order chi connectivity index (χ1) is 10.7. The van der Waals surface area contributed by atoms with Gasteiger partial charge in [0.2, 0.25) is 0 Å². The Kier molecular flexibility index (Phi) is 4.06. The van der Waals surface area contributed by atoms with Crippen LogP contribution in [0.2, 0.25) is 0 Å². The van der Waals surface area contributed by atoms with E-state index in [1.807, 2.05) is 26.1 Å². The first-order valence-corrected chi connectivity index (χ1v) is 7.15. The zero-order valence-corrected chi connectivity index (χ0v) is 12.6. The maximum atomic E-state index is 12.3. The number of carbonyl (C=O) groups is 1. The van der Waals surface area contributed by atoms with E-state index in [4.69, 9.17) is 9.26 Å². The molecule has 2 aromatic heterocycles. The number of hydrogen-bond donors (Lipinski definition) is 1. The zero-order chi connectivity index (χ0) is 15.5. The van der Waals surface area contributed by atoms with Crippen LogP contribution in [0, 0.1) is 6.92 Å². The minimum atomic E-state index is -0.239. The van der Waals surface area contributed by atoms with Gasteiger partial charge in [0, 0.05) is 31.0 Å². The van der Waals surface area contributed by atoms with E-state index < -0.39 is 0 Å². The van der Waals surface area contributed by atoms with E-state index >= 15 is 0 Å². The molecule has 3 heterocycles. The summed E-state index contributed by atoms with van der Waals surface area (Å²) in [5.41, 5.74) is 3.02. The number of ether oxygens (including phenoxy) is 1. The van der Waals surface area contributed by atoms with Crippen LogP contribution in [0.4, 0.5) is 5.69 Å². The molecule has 0 spiro atoms. The van der Waals surface area contributed by atoms with Gasteiger partial charge in [0.25, 0.3) is 5.91 Å². The van der Waals surface area contributed by atoms with E-state index in [-0.39, 0.29) is 12.0 Å². The summed E-state index contributed by atoms with van der Waals surface area (Å²) in [7, 11) is 1.86. The van der Waals surface area contributed by atoms with Crippen LogP contribution in [-0.4, -0.2) is 47.7 Å². The molecule has 0 unspecified atom stereocenters. The van der Waals surface area contributed by atoms with Gasteiger partial charge in [0.1, 0.15) is 12.4 Å². The summed E-state index contributed by atoms with van der Waals surface area (Å²) in [4.78, 5) is 18.6. The molecule has 1 N–H and O–H groups in total. The smallest absolute Gasteiger partial charge is 0.276 e. The third-order valence-electron chi connectivity index (χ3n) is 3.60. The number of morpholine rings is 1. The summed E-state index contributed by atoms with van der Waals surface area (Å²) in [5.74, 6) is -0.149. The number of nitrogens with zero attached hydrogens (tertiary/aromatic N) is 3. The highest BCUT2D eigenvalue weighted by Gasteiger charge is 2.28. The molecular weight excluding hydrogens is 284 g/mol. The van der Waals surface area contributed by atoms with Crippen LogP contribution in [-0.2, 0) is 4.74 Å². The van der Waals surface area contributed by atoms with Crippen molar-refractivity contribution in [3.05, 3.63) is 41.5 Å². The maximum absolute atomic E-state index is 12.3. The largest absolute Gasteiger partial charge is 0.388 e. The van der Waals surface area contributed by atoms with E-state index in [1.165, 1.54) is 6.26 Å². The van der Waals surface area contributed by atoms with Gasteiger partial charge in [-0.05, 0) is 19.1 Å². The van der Waals surface area contributed by atoms with Gasteiger partial charge < -0.3 is 19.5 Å². The van der Waals surface area contributed by atoms with Crippen molar-refractivity contribution in [3.63, 3.8) is 0 Å². The summed E-state index contributed by atoms with van der Waals surface area (Å²) in [6.07, 6.45) is 1.16. The Morgan fingerprint density at radius 2 is 2.32 bits per heavy atom. The molecule has 0 aliphatic carbocycles. The Balaban J connectivity index is 1.78. The highest BCUT2D eigenvalue weighted by Crippen LogP contribution is 2.24. The Morgan fingerprint density at radius 1 is 1.45 bits per heavy atom. The van der Waals surface area contributed by atoms with Gasteiger partial charge in [-0.2, -0.15) is 0 Å². The van der Waals surface area contributed by atoms with Crippen molar-refractivity contribution in [1.82, 2.24) is 15.0 Å². The monoisotopic (exact) mass is 302 g/mol. The number of hydrogen-bond acceptors (Lipinski definition) is 6. The molecule has 1 fully saturated rings. The third kappa shape index (κ3) is 2.94. The molecule has 7 nitrogen and oxygen atoms in total. The Hall–Kier alpha value is -2.41. The second-order valence-electron chi connectivity index (χ2n) is 5.17. The van der Waals surface area contributed by atoms with Gasteiger partial charge >= 0.3 is 0 Å². The fraction of sp³-hybridized carbons (Fsp3) is 0.400. The topological polar surface area (TPSA) is 80.5 Å². The molecule has 1 aliphatic heterocycles. The predicted octanol–water partition coefficient (Wildman–Crippen LogP) is 1.63. The Bertz CT molecular complexity index is 657. The van der Waals surface area contributed by atoms with E-state index in [9.17, 15) is 4.79 Å². The molecule has 116 valence electrons. The van der Waals surface area contributed by atoms with E-state index in [0.717, 1.165) is 17.1 Å². The molecular formula is C15H18N4O3. The summed E-state index contributed by atoms with van der Waals surface area (Å²) in [6, 6.07) is 5.48. The summed E-state index contributed by atoms with van der Waals surface area (Å²) >= 11 is 0. The van der Waals surface area contributed by atoms with Crippen LogP contribution in [0.3, 0.4) is 0 Å². The lowest BCUT2D eigenvalue weighted by molar-refractivity contribution is -0.0250. The number of aryl methyl sites for hydroxylation is 1. The second-order valence-corrected chi connectivity index (χ2v) is 5.17. The fourth-order valence-electron chi connectivity index (χ4n) is 2.50. The highest BCUT2D eigenvalue weighted by atomic mass is 16.5. The lowest BCUT2D eigenvalue weighted by Crippen LogP contribution is -2.42. The molecule has 1 saturated heterocycles. The number of pyridine rings is 1. The number of nitrogens with one attached hydrogen (secondary N) is 1. The van der Waals surface area contributed by atoms with Crippen LogP contribution >= 0.6 is 0 Å². The van der Waals surface area contributed by atoms with E-state index in [0.29, 0.717) is 25.4 Å². The third-order valence-corrected chi connectivity index (χ3v) is 3.60. The second kappa shape index (κ2) is 6.15.